The molecule has 4 nitrogen and oxygen atoms in total. The number of hydrogen-bond acceptors (Lipinski definition) is 4. The highest BCUT2D eigenvalue weighted by atomic mass is 16.5. The quantitative estimate of drug-likeness (QED) is 0.581. The third-order valence-corrected chi connectivity index (χ3v) is 3.72. The number of benzene rings is 2. The van der Waals surface area contributed by atoms with Crippen LogP contribution in [0.4, 0.5) is 0 Å². The molecule has 0 aliphatic rings. The summed E-state index contributed by atoms with van der Waals surface area (Å²) in [7, 11) is 0. The van der Waals surface area contributed by atoms with Crippen LogP contribution in [0.3, 0.4) is 0 Å². The molecule has 2 aromatic rings. The SMILES string of the molecule is CCCOC(=O)c1ccc(OC(=O)c2ccc(C(C)(C)C)cc2)cc1. The minimum absolute atomic E-state index is 0.0324. The molecule has 0 spiro atoms. The fourth-order valence-electron chi connectivity index (χ4n) is 2.21. The number of esters is 2. The Balaban J connectivity index is 2.02. The third-order valence-electron chi connectivity index (χ3n) is 3.72. The van der Waals surface area contributed by atoms with Crippen molar-refractivity contribution >= 4 is 11.9 Å². The van der Waals surface area contributed by atoms with E-state index in [-0.39, 0.29) is 11.4 Å². The molecule has 2 aromatic carbocycles. The summed E-state index contributed by atoms with van der Waals surface area (Å²) in [5.41, 5.74) is 2.10. The van der Waals surface area contributed by atoms with Gasteiger partial charge in [0.05, 0.1) is 17.7 Å². The maximum atomic E-state index is 12.2. The lowest BCUT2D eigenvalue weighted by Crippen LogP contribution is -2.13. The van der Waals surface area contributed by atoms with E-state index in [1.165, 1.54) is 0 Å². The van der Waals surface area contributed by atoms with Crippen LogP contribution in [0.25, 0.3) is 0 Å². The van der Waals surface area contributed by atoms with Gasteiger partial charge in [-0.15, -0.1) is 0 Å². The van der Waals surface area contributed by atoms with Crippen LogP contribution in [0.5, 0.6) is 5.75 Å². The van der Waals surface area contributed by atoms with Gasteiger partial charge in [-0.2, -0.15) is 0 Å². The van der Waals surface area contributed by atoms with E-state index in [4.69, 9.17) is 9.47 Å². The Morgan fingerprint density at radius 1 is 0.840 bits per heavy atom. The summed E-state index contributed by atoms with van der Waals surface area (Å²) in [6.45, 7) is 8.68. The van der Waals surface area contributed by atoms with Crippen LogP contribution in [0.2, 0.25) is 0 Å². The Morgan fingerprint density at radius 3 is 1.88 bits per heavy atom. The van der Waals surface area contributed by atoms with E-state index in [9.17, 15) is 9.59 Å². The normalized spacial score (nSPS) is 11.0. The first kappa shape index (κ1) is 18.7. The lowest BCUT2D eigenvalue weighted by atomic mass is 9.87. The molecule has 2 rings (SSSR count). The number of carbonyl (C=O) groups excluding carboxylic acids is 2. The molecule has 0 N–H and O–H groups in total. The van der Waals surface area contributed by atoms with E-state index in [1.54, 1.807) is 36.4 Å². The molecule has 0 aromatic heterocycles. The van der Waals surface area contributed by atoms with Crippen molar-refractivity contribution in [2.24, 2.45) is 0 Å². The second-order valence-electron chi connectivity index (χ2n) is 6.88. The highest BCUT2D eigenvalue weighted by molar-refractivity contribution is 5.92. The van der Waals surface area contributed by atoms with Crippen LogP contribution in [-0.4, -0.2) is 18.5 Å². The van der Waals surface area contributed by atoms with Crippen molar-refractivity contribution in [2.45, 2.75) is 39.5 Å². The van der Waals surface area contributed by atoms with Crippen molar-refractivity contribution < 1.29 is 19.1 Å². The summed E-state index contributed by atoms with van der Waals surface area (Å²) in [5, 5.41) is 0. The van der Waals surface area contributed by atoms with Crippen molar-refractivity contribution in [1.82, 2.24) is 0 Å². The molecule has 25 heavy (non-hydrogen) atoms. The van der Waals surface area contributed by atoms with Gasteiger partial charge in [0.1, 0.15) is 5.75 Å². The molecule has 0 fully saturated rings. The van der Waals surface area contributed by atoms with Gasteiger partial charge in [-0.3, -0.25) is 0 Å². The first-order valence-electron chi connectivity index (χ1n) is 8.41. The molecular formula is C21H24O4. The van der Waals surface area contributed by atoms with Crippen LogP contribution in [0.1, 0.15) is 60.4 Å². The van der Waals surface area contributed by atoms with Gasteiger partial charge in [0.2, 0.25) is 0 Å². The standard InChI is InChI=1S/C21H24O4/c1-5-14-24-19(22)15-8-12-18(13-9-15)25-20(23)16-6-10-17(11-7-16)21(2,3)4/h6-13H,5,14H2,1-4H3. The molecule has 0 saturated heterocycles. The lowest BCUT2D eigenvalue weighted by molar-refractivity contribution is 0.0505. The molecule has 0 unspecified atom stereocenters. The van der Waals surface area contributed by atoms with Gasteiger partial charge in [-0.05, 0) is 53.8 Å². The number of carbonyl (C=O) groups is 2. The first-order valence-corrected chi connectivity index (χ1v) is 8.41. The molecular weight excluding hydrogens is 316 g/mol. The van der Waals surface area contributed by atoms with E-state index < -0.39 is 5.97 Å². The average Bonchev–Trinajstić information content (AvgIpc) is 2.59. The monoisotopic (exact) mass is 340 g/mol. The highest BCUT2D eigenvalue weighted by Gasteiger charge is 2.15. The van der Waals surface area contributed by atoms with Crippen molar-refractivity contribution in [3.63, 3.8) is 0 Å². The molecule has 0 radical (unpaired) electrons. The molecule has 132 valence electrons. The van der Waals surface area contributed by atoms with Crippen molar-refractivity contribution in [1.29, 1.82) is 0 Å². The minimum Gasteiger partial charge on any atom is -0.462 e. The Kier molecular flexibility index (Phi) is 5.97. The van der Waals surface area contributed by atoms with Gasteiger partial charge in [-0.1, -0.05) is 39.8 Å². The molecule has 0 saturated carbocycles. The summed E-state index contributed by atoms with van der Waals surface area (Å²) >= 11 is 0. The summed E-state index contributed by atoms with van der Waals surface area (Å²) in [5.74, 6) is -0.420. The molecule has 0 amide bonds. The van der Waals surface area contributed by atoms with Crippen molar-refractivity contribution in [2.75, 3.05) is 6.61 Å². The maximum absolute atomic E-state index is 12.2. The number of rotatable bonds is 5. The van der Waals surface area contributed by atoms with Crippen LogP contribution < -0.4 is 4.74 Å². The summed E-state index contributed by atoms with van der Waals surface area (Å²) in [6, 6.07) is 13.7. The lowest BCUT2D eigenvalue weighted by Gasteiger charge is -2.18. The summed E-state index contributed by atoms with van der Waals surface area (Å²) in [4.78, 5) is 24.0. The topological polar surface area (TPSA) is 52.6 Å². The smallest absolute Gasteiger partial charge is 0.343 e. The molecule has 0 aliphatic carbocycles. The highest BCUT2D eigenvalue weighted by Crippen LogP contribution is 2.23. The van der Waals surface area contributed by atoms with Gasteiger partial charge in [0.25, 0.3) is 0 Å². The van der Waals surface area contributed by atoms with Gasteiger partial charge < -0.3 is 9.47 Å². The second kappa shape index (κ2) is 7.97. The van der Waals surface area contributed by atoms with E-state index in [0.29, 0.717) is 23.5 Å². The Labute approximate surface area is 148 Å². The summed E-state index contributed by atoms with van der Waals surface area (Å²) in [6.07, 6.45) is 0.773. The Morgan fingerprint density at radius 2 is 1.36 bits per heavy atom. The Bertz CT molecular complexity index is 722. The predicted molar refractivity (Wildman–Crippen MR) is 97.1 cm³/mol. The van der Waals surface area contributed by atoms with E-state index >= 15 is 0 Å². The van der Waals surface area contributed by atoms with Gasteiger partial charge in [-0.25, -0.2) is 9.59 Å². The Hall–Kier alpha value is -2.62. The zero-order valence-electron chi connectivity index (χ0n) is 15.2. The maximum Gasteiger partial charge on any atom is 0.343 e. The summed E-state index contributed by atoms with van der Waals surface area (Å²) < 4.78 is 10.4. The van der Waals surface area contributed by atoms with Gasteiger partial charge in [0, 0.05) is 0 Å². The average molecular weight is 340 g/mol. The zero-order chi connectivity index (χ0) is 18.4. The van der Waals surface area contributed by atoms with Crippen LogP contribution in [0, 0.1) is 0 Å². The second-order valence-corrected chi connectivity index (χ2v) is 6.88. The van der Waals surface area contributed by atoms with E-state index in [0.717, 1.165) is 12.0 Å². The van der Waals surface area contributed by atoms with Crippen LogP contribution >= 0.6 is 0 Å². The van der Waals surface area contributed by atoms with E-state index in [1.807, 2.05) is 19.1 Å². The molecule has 0 atom stereocenters. The number of ether oxygens (including phenoxy) is 2. The fourth-order valence-corrected chi connectivity index (χ4v) is 2.21. The molecule has 4 heteroatoms. The molecule has 0 aliphatic heterocycles. The minimum atomic E-state index is -0.429. The van der Waals surface area contributed by atoms with Crippen molar-refractivity contribution in [3.8, 4) is 5.75 Å². The van der Waals surface area contributed by atoms with Crippen molar-refractivity contribution in [3.05, 3.63) is 65.2 Å². The first-order chi connectivity index (χ1) is 11.8. The fraction of sp³-hybridized carbons (Fsp3) is 0.333. The third kappa shape index (κ3) is 5.18. The predicted octanol–water partition coefficient (Wildman–Crippen LogP) is 4.77. The van der Waals surface area contributed by atoms with Crippen LogP contribution in [-0.2, 0) is 10.2 Å². The van der Waals surface area contributed by atoms with Gasteiger partial charge >= 0.3 is 11.9 Å². The molecule has 0 bridgehead atoms. The van der Waals surface area contributed by atoms with Gasteiger partial charge in [0.15, 0.2) is 0 Å². The van der Waals surface area contributed by atoms with Crippen LogP contribution in [0.15, 0.2) is 48.5 Å². The van der Waals surface area contributed by atoms with E-state index in [2.05, 4.69) is 20.8 Å². The zero-order valence-corrected chi connectivity index (χ0v) is 15.2. The number of hydrogen-bond donors (Lipinski definition) is 0. The largest absolute Gasteiger partial charge is 0.462 e. The molecule has 0 heterocycles.